The van der Waals surface area contributed by atoms with E-state index in [0.717, 1.165) is 0 Å². The molecule has 0 aromatic carbocycles. The minimum Gasteiger partial charge on any atom is -0.368 e. The molecule has 2 amide bonds. The zero-order chi connectivity index (χ0) is 14.3. The molecule has 1 aromatic heterocycles. The number of nitrogens with zero attached hydrogens (tertiary/aromatic N) is 2. The van der Waals surface area contributed by atoms with Gasteiger partial charge < -0.3 is 16.4 Å². The van der Waals surface area contributed by atoms with E-state index in [1.165, 1.54) is 17.3 Å². The van der Waals surface area contributed by atoms with Crippen LogP contribution in [0.15, 0.2) is 18.5 Å². The van der Waals surface area contributed by atoms with Gasteiger partial charge in [-0.15, -0.1) is 0 Å². The van der Waals surface area contributed by atoms with E-state index in [9.17, 15) is 9.59 Å². The molecule has 1 rings (SSSR count). The molecule has 0 radical (unpaired) electrons. The van der Waals surface area contributed by atoms with Crippen molar-refractivity contribution in [3.8, 4) is 11.8 Å². The molecule has 19 heavy (non-hydrogen) atoms. The Morgan fingerprint density at radius 1 is 1.47 bits per heavy atom. The van der Waals surface area contributed by atoms with Gasteiger partial charge >= 0.3 is 0 Å². The monoisotopic (exact) mass is 260 g/mol. The molecule has 1 heterocycles. The lowest BCUT2D eigenvalue weighted by atomic mass is 10.1. The van der Waals surface area contributed by atoms with E-state index < -0.39 is 5.91 Å². The van der Waals surface area contributed by atoms with Crippen LogP contribution in [0.1, 0.15) is 22.8 Å². The van der Waals surface area contributed by atoms with E-state index in [1.807, 2.05) is 0 Å². The van der Waals surface area contributed by atoms with Crippen molar-refractivity contribution in [2.24, 2.45) is 11.5 Å². The summed E-state index contributed by atoms with van der Waals surface area (Å²) in [5.74, 6) is 4.60. The number of pyridine rings is 1. The lowest BCUT2D eigenvalue weighted by Gasteiger charge is -2.19. The molecule has 0 saturated carbocycles. The molecule has 0 aliphatic rings. The van der Waals surface area contributed by atoms with Gasteiger partial charge in [0, 0.05) is 18.9 Å². The highest BCUT2D eigenvalue weighted by Gasteiger charge is 2.18. The van der Waals surface area contributed by atoms with Gasteiger partial charge in [-0.3, -0.25) is 14.6 Å². The van der Waals surface area contributed by atoms with Gasteiger partial charge in [0.25, 0.3) is 5.91 Å². The number of aromatic nitrogens is 1. The highest BCUT2D eigenvalue weighted by Crippen LogP contribution is 2.09. The quantitative estimate of drug-likeness (QED) is 0.701. The molecule has 6 nitrogen and oxygen atoms in total. The van der Waals surface area contributed by atoms with Crippen LogP contribution in [0, 0.1) is 11.8 Å². The predicted octanol–water partition coefficient (Wildman–Crippen LogP) is -0.661. The van der Waals surface area contributed by atoms with Gasteiger partial charge in [-0.25, -0.2) is 0 Å². The van der Waals surface area contributed by atoms with Crippen molar-refractivity contribution in [2.45, 2.75) is 6.92 Å². The van der Waals surface area contributed by atoms with Crippen molar-refractivity contribution < 1.29 is 9.59 Å². The smallest absolute Gasteiger partial charge is 0.255 e. The standard InChI is InChI=1S/C13H16N4O2/c1-2-17(9-12(15)18)13(19)11-5-7-16-8-10(11)4-3-6-14/h5,7-8H,2,6,9,14H2,1H3,(H2,15,18). The fourth-order valence-corrected chi connectivity index (χ4v) is 1.51. The Kier molecular flexibility index (Phi) is 5.51. The molecular formula is C13H16N4O2. The van der Waals surface area contributed by atoms with Gasteiger partial charge in [0.05, 0.1) is 24.2 Å². The second-order valence-electron chi connectivity index (χ2n) is 3.71. The molecular weight excluding hydrogens is 244 g/mol. The van der Waals surface area contributed by atoms with E-state index in [2.05, 4.69) is 16.8 Å². The van der Waals surface area contributed by atoms with Crippen molar-refractivity contribution in [3.05, 3.63) is 29.6 Å². The van der Waals surface area contributed by atoms with Crippen LogP contribution in [-0.2, 0) is 4.79 Å². The second-order valence-corrected chi connectivity index (χ2v) is 3.71. The maximum atomic E-state index is 12.3. The maximum Gasteiger partial charge on any atom is 0.255 e. The zero-order valence-corrected chi connectivity index (χ0v) is 10.7. The second kappa shape index (κ2) is 7.13. The van der Waals surface area contributed by atoms with Crippen molar-refractivity contribution in [2.75, 3.05) is 19.6 Å². The topological polar surface area (TPSA) is 102 Å². The highest BCUT2D eigenvalue weighted by molar-refractivity contribution is 5.98. The molecule has 100 valence electrons. The summed E-state index contributed by atoms with van der Waals surface area (Å²) in [6.45, 7) is 2.23. The maximum absolute atomic E-state index is 12.3. The minimum atomic E-state index is -0.557. The normalized spacial score (nSPS) is 9.37. The molecule has 0 unspecified atom stereocenters. The molecule has 0 fully saturated rings. The third kappa shape index (κ3) is 4.08. The number of nitrogens with two attached hydrogens (primary N) is 2. The Morgan fingerprint density at radius 2 is 2.21 bits per heavy atom. The summed E-state index contributed by atoms with van der Waals surface area (Å²) in [6, 6.07) is 1.56. The van der Waals surface area contributed by atoms with E-state index in [1.54, 1.807) is 13.0 Å². The van der Waals surface area contributed by atoms with Crippen LogP contribution >= 0.6 is 0 Å². The van der Waals surface area contributed by atoms with Crippen LogP contribution in [-0.4, -0.2) is 41.3 Å². The Morgan fingerprint density at radius 3 is 2.79 bits per heavy atom. The molecule has 0 saturated heterocycles. The SMILES string of the molecule is CCN(CC(N)=O)C(=O)c1ccncc1C#CCN. The first kappa shape index (κ1) is 14.7. The number of likely N-dealkylation sites (N-methyl/N-ethyl adjacent to an activating group) is 1. The lowest BCUT2D eigenvalue weighted by Crippen LogP contribution is -2.38. The first-order chi connectivity index (χ1) is 9.10. The highest BCUT2D eigenvalue weighted by atomic mass is 16.2. The van der Waals surface area contributed by atoms with Crippen molar-refractivity contribution in [3.63, 3.8) is 0 Å². The summed E-state index contributed by atoms with van der Waals surface area (Å²) in [5.41, 5.74) is 11.3. The summed E-state index contributed by atoms with van der Waals surface area (Å²) in [6.07, 6.45) is 2.99. The van der Waals surface area contributed by atoms with E-state index >= 15 is 0 Å². The molecule has 0 bridgehead atoms. The van der Waals surface area contributed by atoms with Crippen LogP contribution in [0.5, 0.6) is 0 Å². The third-order valence-electron chi connectivity index (χ3n) is 2.39. The zero-order valence-electron chi connectivity index (χ0n) is 10.7. The fraction of sp³-hybridized carbons (Fsp3) is 0.308. The summed E-state index contributed by atoms with van der Waals surface area (Å²) in [5, 5.41) is 0. The number of carbonyl (C=O) groups is 2. The fourth-order valence-electron chi connectivity index (χ4n) is 1.51. The van der Waals surface area contributed by atoms with Crippen LogP contribution in [0.2, 0.25) is 0 Å². The lowest BCUT2D eigenvalue weighted by molar-refractivity contribution is -0.118. The van der Waals surface area contributed by atoms with Gasteiger partial charge in [0.15, 0.2) is 0 Å². The average Bonchev–Trinajstić information content (AvgIpc) is 2.41. The number of carbonyl (C=O) groups excluding carboxylic acids is 2. The summed E-state index contributed by atoms with van der Waals surface area (Å²) in [7, 11) is 0. The van der Waals surface area contributed by atoms with Crippen molar-refractivity contribution in [1.82, 2.24) is 9.88 Å². The minimum absolute atomic E-state index is 0.124. The number of rotatable bonds is 4. The van der Waals surface area contributed by atoms with Crippen molar-refractivity contribution in [1.29, 1.82) is 0 Å². The van der Waals surface area contributed by atoms with Gasteiger partial charge in [-0.2, -0.15) is 0 Å². The third-order valence-corrected chi connectivity index (χ3v) is 2.39. The van der Waals surface area contributed by atoms with Crippen molar-refractivity contribution >= 4 is 11.8 Å². The van der Waals surface area contributed by atoms with E-state index in [4.69, 9.17) is 11.5 Å². The summed E-state index contributed by atoms with van der Waals surface area (Å²) >= 11 is 0. The van der Waals surface area contributed by atoms with E-state index in [0.29, 0.717) is 17.7 Å². The van der Waals surface area contributed by atoms with E-state index in [-0.39, 0.29) is 19.0 Å². The number of hydrogen-bond acceptors (Lipinski definition) is 4. The Balaban J connectivity index is 3.07. The van der Waals surface area contributed by atoms with Gasteiger partial charge in [0.2, 0.25) is 5.91 Å². The molecule has 0 aliphatic heterocycles. The molecule has 0 atom stereocenters. The first-order valence-corrected chi connectivity index (χ1v) is 5.80. The molecule has 1 aromatic rings. The summed E-state index contributed by atoms with van der Waals surface area (Å²) < 4.78 is 0. The first-order valence-electron chi connectivity index (χ1n) is 5.80. The van der Waals surface area contributed by atoms with Crippen LogP contribution in [0.4, 0.5) is 0 Å². The van der Waals surface area contributed by atoms with Gasteiger partial charge in [0.1, 0.15) is 0 Å². The largest absolute Gasteiger partial charge is 0.368 e. The Labute approximate surface area is 111 Å². The molecule has 4 N–H and O–H groups in total. The van der Waals surface area contributed by atoms with Gasteiger partial charge in [-0.05, 0) is 13.0 Å². The number of amides is 2. The number of hydrogen-bond donors (Lipinski definition) is 2. The average molecular weight is 260 g/mol. The Bertz CT molecular complexity index is 531. The van der Waals surface area contributed by atoms with Crippen LogP contribution < -0.4 is 11.5 Å². The molecule has 0 spiro atoms. The molecule has 6 heteroatoms. The number of primary amides is 1. The molecule has 0 aliphatic carbocycles. The van der Waals surface area contributed by atoms with Crippen LogP contribution in [0.3, 0.4) is 0 Å². The predicted molar refractivity (Wildman–Crippen MR) is 70.9 cm³/mol. The summed E-state index contributed by atoms with van der Waals surface area (Å²) in [4.78, 5) is 28.5. The Hall–Kier alpha value is -2.39. The van der Waals surface area contributed by atoms with Crippen LogP contribution in [0.25, 0.3) is 0 Å². The van der Waals surface area contributed by atoms with Gasteiger partial charge in [-0.1, -0.05) is 11.8 Å².